The molecule has 1 saturated heterocycles. The molecule has 132 valence electrons. The van der Waals surface area contributed by atoms with Crippen molar-refractivity contribution in [3.63, 3.8) is 0 Å². The number of hydrogen-bond donors (Lipinski definition) is 0. The Morgan fingerprint density at radius 1 is 1.04 bits per heavy atom. The monoisotopic (exact) mass is 394 g/mol. The van der Waals surface area contributed by atoms with Gasteiger partial charge in [0.1, 0.15) is 18.1 Å². The first kappa shape index (κ1) is 19.8. The van der Waals surface area contributed by atoms with Gasteiger partial charge in [0.15, 0.2) is 0 Å². The molecule has 2 aliphatic rings. The van der Waals surface area contributed by atoms with Gasteiger partial charge in [-0.25, -0.2) is 0 Å². The number of allylic oxidation sites excluding steroid dienone is 2. The summed E-state index contributed by atoms with van der Waals surface area (Å²) in [4.78, 5) is 0. The van der Waals surface area contributed by atoms with Crippen LogP contribution in [-0.2, 0) is 0 Å². The van der Waals surface area contributed by atoms with Crippen molar-refractivity contribution in [2.45, 2.75) is 83.2 Å². The summed E-state index contributed by atoms with van der Waals surface area (Å²) in [5.74, 6) is 0. The minimum Gasteiger partial charge on any atom is -0.268 e. The zero-order valence-electron chi connectivity index (χ0n) is 14.4. The summed E-state index contributed by atoms with van der Waals surface area (Å²) in [6, 6.07) is -2.75. The van der Waals surface area contributed by atoms with Crippen molar-refractivity contribution < 1.29 is 4.48 Å². The van der Waals surface area contributed by atoms with Gasteiger partial charge in [-0.2, -0.15) is 0 Å². The van der Waals surface area contributed by atoms with E-state index in [0.29, 0.717) is 0 Å². The molecule has 0 bridgehead atoms. The molecular formula is C18H31Cl3NSi+. The molecule has 0 aliphatic carbocycles. The molecule has 0 N–H and O–H groups in total. The molecule has 23 heavy (non-hydrogen) atoms. The van der Waals surface area contributed by atoms with Crippen LogP contribution in [0.25, 0.3) is 0 Å². The molecule has 5 heteroatoms. The van der Waals surface area contributed by atoms with Crippen LogP contribution in [0.2, 0.25) is 0 Å². The number of unbranched alkanes of at least 4 members (excludes halogenated alkanes) is 3. The Bertz CT molecular complexity index is 430. The van der Waals surface area contributed by atoms with Crippen molar-refractivity contribution in [3.05, 3.63) is 24.0 Å². The van der Waals surface area contributed by atoms with E-state index in [1.165, 1.54) is 69.8 Å². The van der Waals surface area contributed by atoms with Crippen LogP contribution >= 0.6 is 33.2 Å². The maximum atomic E-state index is 6.54. The molecule has 0 aromatic heterocycles. The van der Waals surface area contributed by atoms with Crippen LogP contribution in [-0.4, -0.2) is 22.7 Å². The van der Waals surface area contributed by atoms with Crippen LogP contribution in [0.15, 0.2) is 24.0 Å². The average molecular weight is 396 g/mol. The Balaban J connectivity index is 2.13. The van der Waals surface area contributed by atoms with Gasteiger partial charge in [-0.3, -0.25) is 4.48 Å². The highest BCUT2D eigenvalue weighted by Crippen LogP contribution is 2.40. The topological polar surface area (TPSA) is 0 Å². The van der Waals surface area contributed by atoms with Gasteiger partial charge in [-0.15, -0.1) is 33.2 Å². The van der Waals surface area contributed by atoms with Crippen LogP contribution in [0.4, 0.5) is 0 Å². The van der Waals surface area contributed by atoms with Gasteiger partial charge in [0.2, 0.25) is 0 Å². The van der Waals surface area contributed by atoms with Gasteiger partial charge in [-0.1, -0.05) is 39.0 Å². The van der Waals surface area contributed by atoms with Gasteiger partial charge in [0.25, 0.3) is 0 Å². The Labute approximate surface area is 157 Å². The smallest absolute Gasteiger partial charge is 0.268 e. The number of quaternary nitrogens is 1. The van der Waals surface area contributed by atoms with Crippen molar-refractivity contribution in [2.24, 2.45) is 0 Å². The van der Waals surface area contributed by atoms with E-state index in [1.54, 1.807) is 0 Å². The van der Waals surface area contributed by atoms with E-state index in [2.05, 4.69) is 25.4 Å². The fraction of sp³-hybridized carbons (Fsp3) is 0.778. The number of hydrogen-bond acceptors (Lipinski definition) is 0. The molecule has 2 heterocycles. The van der Waals surface area contributed by atoms with E-state index < -0.39 is 6.00 Å². The van der Waals surface area contributed by atoms with Crippen LogP contribution in [0, 0.1) is 0 Å². The predicted octanol–water partition coefficient (Wildman–Crippen LogP) is 7.10. The molecule has 0 amide bonds. The average Bonchev–Trinajstić information content (AvgIpc) is 2.92. The lowest BCUT2D eigenvalue weighted by Gasteiger charge is -2.39. The summed E-state index contributed by atoms with van der Waals surface area (Å²) in [6.07, 6.45) is 20.8. The third-order valence-electron chi connectivity index (χ3n) is 5.27. The first-order valence-electron chi connectivity index (χ1n) is 9.33. The molecule has 2 atom stereocenters. The van der Waals surface area contributed by atoms with Crippen molar-refractivity contribution in [1.29, 1.82) is 0 Å². The van der Waals surface area contributed by atoms with E-state index in [-0.39, 0.29) is 5.67 Å². The third kappa shape index (κ3) is 5.78. The molecule has 0 saturated carbocycles. The van der Waals surface area contributed by atoms with E-state index in [1.807, 2.05) is 0 Å². The van der Waals surface area contributed by atoms with Gasteiger partial charge >= 0.3 is 6.00 Å². The second kappa shape index (κ2) is 9.29. The first-order chi connectivity index (χ1) is 11.0. The minimum absolute atomic E-state index is 0.176. The fourth-order valence-electron chi connectivity index (χ4n) is 3.95. The zero-order valence-corrected chi connectivity index (χ0v) is 17.6. The molecule has 0 aromatic carbocycles. The number of rotatable bonds is 6. The molecule has 2 aliphatic heterocycles. The molecule has 1 fully saturated rings. The molecule has 2 unspecified atom stereocenters. The van der Waals surface area contributed by atoms with Gasteiger partial charge < -0.3 is 0 Å². The quantitative estimate of drug-likeness (QED) is 0.195. The Morgan fingerprint density at radius 2 is 1.78 bits per heavy atom. The zero-order chi connectivity index (χ0) is 16.8. The van der Waals surface area contributed by atoms with Crippen LogP contribution in [0.5, 0.6) is 0 Å². The van der Waals surface area contributed by atoms with Crippen molar-refractivity contribution in [1.82, 2.24) is 0 Å². The Hall–Kier alpha value is 0.527. The maximum absolute atomic E-state index is 6.54. The van der Waals surface area contributed by atoms with Gasteiger partial charge in [0.05, 0.1) is 6.54 Å². The highest BCUT2D eigenvalue weighted by Gasteiger charge is 2.51. The predicted molar refractivity (Wildman–Crippen MR) is 106 cm³/mol. The third-order valence-corrected chi connectivity index (χ3v) is 9.06. The summed E-state index contributed by atoms with van der Waals surface area (Å²) in [7, 11) is 0. The van der Waals surface area contributed by atoms with Crippen molar-refractivity contribution in [3.8, 4) is 0 Å². The van der Waals surface area contributed by atoms with Crippen molar-refractivity contribution >= 4 is 39.2 Å². The standard InChI is InChI=1S/C18H31Cl3NSi/c1-2-3-4-8-11-17-13-15-22(16-17)14-10-7-5-6-9-12-18(22)23(19,20)21/h13,15-16,18H,2-12,14H2,1H3/q+1. The summed E-state index contributed by atoms with van der Waals surface area (Å²) >= 11 is 19.6. The molecule has 2 rings (SSSR count). The second-order valence-corrected chi connectivity index (χ2v) is 16.0. The van der Waals surface area contributed by atoms with Crippen LogP contribution in [0.1, 0.15) is 77.6 Å². The summed E-state index contributed by atoms with van der Waals surface area (Å²) in [5, 5.41) is 0. The number of halogens is 3. The Morgan fingerprint density at radius 3 is 2.52 bits per heavy atom. The summed E-state index contributed by atoms with van der Waals surface area (Å²) in [5.41, 5.74) is 1.63. The highest BCUT2D eigenvalue weighted by molar-refractivity contribution is 7.65. The van der Waals surface area contributed by atoms with E-state index >= 15 is 0 Å². The molecular weight excluding hydrogens is 365 g/mol. The normalized spacial score (nSPS) is 29.2. The lowest BCUT2D eigenvalue weighted by Crippen LogP contribution is -2.55. The van der Waals surface area contributed by atoms with E-state index in [0.717, 1.165) is 17.4 Å². The molecule has 0 radical (unpaired) electrons. The maximum Gasteiger partial charge on any atom is 0.403 e. The highest BCUT2D eigenvalue weighted by atomic mass is 35.8. The van der Waals surface area contributed by atoms with Crippen LogP contribution < -0.4 is 0 Å². The summed E-state index contributed by atoms with van der Waals surface area (Å²) in [6.45, 7) is 3.36. The lowest BCUT2D eigenvalue weighted by atomic mass is 10.1. The summed E-state index contributed by atoms with van der Waals surface area (Å²) < 4.78 is 0.811. The van der Waals surface area contributed by atoms with E-state index in [9.17, 15) is 0 Å². The SMILES string of the molecule is CCCCCCC1=C[N+]2(C=C1)CCCCCCCC2[Si](Cl)(Cl)Cl. The van der Waals surface area contributed by atoms with E-state index in [4.69, 9.17) is 33.2 Å². The molecule has 0 aromatic rings. The largest absolute Gasteiger partial charge is 0.403 e. The van der Waals surface area contributed by atoms with Gasteiger partial charge in [0, 0.05) is 18.1 Å². The first-order valence-corrected chi connectivity index (χ1v) is 14.4. The molecule has 1 spiro atoms. The van der Waals surface area contributed by atoms with Crippen LogP contribution in [0.3, 0.4) is 0 Å². The van der Waals surface area contributed by atoms with Crippen molar-refractivity contribution in [2.75, 3.05) is 6.54 Å². The Kier molecular flexibility index (Phi) is 8.01. The minimum atomic E-state index is -2.75. The fourth-order valence-corrected chi connectivity index (χ4v) is 7.94. The number of nitrogens with zero attached hydrogens (tertiary/aromatic N) is 1. The second-order valence-electron chi connectivity index (χ2n) is 7.16. The molecule has 1 nitrogen and oxygen atoms in total. The lowest BCUT2D eigenvalue weighted by molar-refractivity contribution is -0.840. The van der Waals surface area contributed by atoms with Gasteiger partial charge in [-0.05, 0) is 32.1 Å².